The molecule has 1 unspecified atom stereocenters. The summed E-state index contributed by atoms with van der Waals surface area (Å²) in [5, 5.41) is 5.75. The highest BCUT2D eigenvalue weighted by molar-refractivity contribution is 6.05. The van der Waals surface area contributed by atoms with Crippen molar-refractivity contribution < 1.29 is 23.9 Å². The number of hydrogen-bond donors (Lipinski definition) is 2. The predicted octanol–water partition coefficient (Wildman–Crippen LogP) is 6.53. The molecule has 266 valence electrons. The molecule has 1 aliphatic carbocycles. The van der Waals surface area contributed by atoms with Gasteiger partial charge in [-0.05, 0) is 61.1 Å². The van der Waals surface area contributed by atoms with Crippen LogP contribution >= 0.6 is 0 Å². The lowest BCUT2D eigenvalue weighted by Crippen LogP contribution is -2.48. The van der Waals surface area contributed by atoms with E-state index in [0.29, 0.717) is 49.0 Å². The van der Waals surface area contributed by atoms with Crippen molar-refractivity contribution >= 4 is 40.9 Å². The molecule has 1 atom stereocenters. The predicted molar refractivity (Wildman–Crippen MR) is 197 cm³/mol. The molecule has 2 aliphatic rings. The Hall–Kier alpha value is -5.06. The number of ether oxygens (including phenoxy) is 2. The van der Waals surface area contributed by atoms with E-state index in [1.54, 1.807) is 4.90 Å². The molecule has 0 saturated heterocycles. The SMILES string of the molecule is CC(COC(=O)CN1Cc2cc(OCCCC(=O)N(C)CC3CCCC3)ccc2N=C1NC(=O)Nc1ccccc1N(C)C)c1ccccc1. The van der Waals surface area contributed by atoms with E-state index in [-0.39, 0.29) is 30.9 Å². The van der Waals surface area contributed by atoms with Crippen LogP contribution in [0.4, 0.5) is 21.9 Å². The second-order valence-electron chi connectivity index (χ2n) is 13.4. The summed E-state index contributed by atoms with van der Waals surface area (Å²) in [6.07, 6.45) is 6.01. The lowest BCUT2D eigenvalue weighted by atomic mass is 10.0. The Balaban J connectivity index is 1.22. The standard InChI is InChI=1S/C39H50N6O5/c1-28(30-15-6-5-7-16-30)27-50-37(47)26-45-25-31-23-32(49-22-12-19-36(46)44(4)24-29-13-8-9-14-29)20-21-33(31)40-38(45)42-39(48)41-34-17-10-11-18-35(34)43(2)3/h5-7,10-11,15-18,20-21,23,28-29H,8-9,12-14,19,22,24-27H2,1-4H3,(H2,40,41,42,48). The minimum absolute atomic E-state index is 0.0266. The summed E-state index contributed by atoms with van der Waals surface area (Å²) in [4.78, 5) is 49.2. The van der Waals surface area contributed by atoms with E-state index in [1.165, 1.54) is 25.7 Å². The van der Waals surface area contributed by atoms with Gasteiger partial charge in [0.25, 0.3) is 0 Å². The van der Waals surface area contributed by atoms with Crippen molar-refractivity contribution in [2.45, 2.75) is 57.9 Å². The van der Waals surface area contributed by atoms with Gasteiger partial charge >= 0.3 is 12.0 Å². The van der Waals surface area contributed by atoms with Crippen molar-refractivity contribution in [3.05, 3.63) is 83.9 Å². The van der Waals surface area contributed by atoms with Gasteiger partial charge in [0.15, 0.2) is 0 Å². The highest BCUT2D eigenvalue weighted by atomic mass is 16.5. The maximum atomic E-state index is 13.2. The molecule has 1 aliphatic heterocycles. The molecule has 0 radical (unpaired) electrons. The van der Waals surface area contributed by atoms with Gasteiger partial charge in [-0.3, -0.25) is 14.9 Å². The number of aliphatic imine (C=N–C) groups is 1. The highest BCUT2D eigenvalue weighted by Gasteiger charge is 2.26. The number of rotatable bonds is 14. The summed E-state index contributed by atoms with van der Waals surface area (Å²) < 4.78 is 11.7. The number of esters is 1. The van der Waals surface area contributed by atoms with E-state index in [4.69, 9.17) is 14.5 Å². The zero-order chi connectivity index (χ0) is 35.5. The number of guanidine groups is 1. The number of nitrogens with one attached hydrogen (secondary N) is 2. The Labute approximate surface area is 295 Å². The van der Waals surface area contributed by atoms with Gasteiger partial charge in [-0.1, -0.05) is 62.2 Å². The Morgan fingerprint density at radius 1 is 0.960 bits per heavy atom. The summed E-state index contributed by atoms with van der Waals surface area (Å²) in [5.41, 5.74) is 4.06. The van der Waals surface area contributed by atoms with Gasteiger partial charge in [0.2, 0.25) is 11.9 Å². The van der Waals surface area contributed by atoms with E-state index in [2.05, 4.69) is 10.6 Å². The molecule has 3 aromatic carbocycles. The van der Waals surface area contributed by atoms with E-state index in [0.717, 1.165) is 23.4 Å². The summed E-state index contributed by atoms with van der Waals surface area (Å²) in [6, 6.07) is 22.5. The molecule has 0 spiro atoms. The van der Waals surface area contributed by atoms with Crippen LogP contribution in [0.25, 0.3) is 0 Å². The van der Waals surface area contributed by atoms with Gasteiger partial charge in [0, 0.05) is 52.1 Å². The van der Waals surface area contributed by atoms with Gasteiger partial charge in [-0.2, -0.15) is 0 Å². The third-order valence-corrected chi connectivity index (χ3v) is 9.22. The molecule has 3 amide bonds. The number of hydrogen-bond acceptors (Lipinski definition) is 8. The molecule has 1 saturated carbocycles. The average Bonchev–Trinajstić information content (AvgIpc) is 3.62. The van der Waals surface area contributed by atoms with Gasteiger partial charge in [-0.25, -0.2) is 9.79 Å². The largest absolute Gasteiger partial charge is 0.494 e. The number of urea groups is 1. The first-order valence-corrected chi connectivity index (χ1v) is 17.5. The number of para-hydroxylation sites is 2. The summed E-state index contributed by atoms with van der Waals surface area (Å²) in [7, 11) is 5.70. The second kappa shape index (κ2) is 17.6. The van der Waals surface area contributed by atoms with Crippen LogP contribution in [0.3, 0.4) is 0 Å². The molecule has 50 heavy (non-hydrogen) atoms. The van der Waals surface area contributed by atoms with Crippen molar-refractivity contribution in [3.8, 4) is 5.75 Å². The molecule has 2 N–H and O–H groups in total. The lowest BCUT2D eigenvalue weighted by molar-refractivity contribution is -0.144. The zero-order valence-electron chi connectivity index (χ0n) is 29.7. The normalized spacial score (nSPS) is 14.6. The molecule has 0 bridgehead atoms. The third kappa shape index (κ3) is 10.2. The van der Waals surface area contributed by atoms with Crippen molar-refractivity contribution in [1.29, 1.82) is 0 Å². The minimum Gasteiger partial charge on any atom is -0.494 e. The Morgan fingerprint density at radius 3 is 2.46 bits per heavy atom. The number of anilines is 2. The van der Waals surface area contributed by atoms with Crippen LogP contribution in [0, 0.1) is 5.92 Å². The van der Waals surface area contributed by atoms with Crippen LogP contribution in [-0.4, -0.2) is 81.1 Å². The van der Waals surface area contributed by atoms with Gasteiger partial charge < -0.3 is 29.5 Å². The number of benzene rings is 3. The van der Waals surface area contributed by atoms with Crippen LogP contribution in [0.15, 0.2) is 77.8 Å². The average molecular weight is 683 g/mol. The van der Waals surface area contributed by atoms with Crippen LogP contribution in [-0.2, 0) is 20.9 Å². The first kappa shape index (κ1) is 36.2. The first-order valence-electron chi connectivity index (χ1n) is 17.5. The summed E-state index contributed by atoms with van der Waals surface area (Å²) in [6.45, 7) is 3.66. The lowest BCUT2D eigenvalue weighted by Gasteiger charge is -2.30. The fourth-order valence-corrected chi connectivity index (χ4v) is 6.40. The van der Waals surface area contributed by atoms with Crippen molar-refractivity contribution in [1.82, 2.24) is 15.1 Å². The zero-order valence-corrected chi connectivity index (χ0v) is 29.7. The highest BCUT2D eigenvalue weighted by Crippen LogP contribution is 2.30. The fraction of sp³-hybridized carbons (Fsp3) is 0.436. The summed E-state index contributed by atoms with van der Waals surface area (Å²) >= 11 is 0. The maximum absolute atomic E-state index is 13.2. The maximum Gasteiger partial charge on any atom is 0.326 e. The number of carbonyl (C=O) groups excluding carboxylic acids is 3. The number of nitrogens with zero attached hydrogens (tertiary/aromatic N) is 4. The number of amides is 3. The van der Waals surface area contributed by atoms with E-state index in [1.807, 2.05) is 111 Å². The molecule has 0 aromatic heterocycles. The Kier molecular flexibility index (Phi) is 12.7. The number of fused-ring (bicyclic) bond motifs is 1. The van der Waals surface area contributed by atoms with Crippen LogP contribution < -0.4 is 20.3 Å². The van der Waals surface area contributed by atoms with Gasteiger partial charge in [0.05, 0.1) is 30.3 Å². The van der Waals surface area contributed by atoms with Gasteiger partial charge in [-0.15, -0.1) is 0 Å². The van der Waals surface area contributed by atoms with Crippen molar-refractivity contribution in [2.75, 3.05) is 57.7 Å². The molecular weight excluding hydrogens is 632 g/mol. The third-order valence-electron chi connectivity index (χ3n) is 9.22. The number of carbonyl (C=O) groups is 3. The Morgan fingerprint density at radius 2 is 1.70 bits per heavy atom. The molecule has 11 nitrogen and oxygen atoms in total. The molecule has 1 fully saturated rings. The molecular formula is C39H50N6O5. The smallest absolute Gasteiger partial charge is 0.326 e. The molecule has 3 aromatic rings. The van der Waals surface area contributed by atoms with Crippen LogP contribution in [0.2, 0.25) is 0 Å². The molecule has 11 heteroatoms. The van der Waals surface area contributed by atoms with Crippen molar-refractivity contribution in [2.24, 2.45) is 10.9 Å². The van der Waals surface area contributed by atoms with Crippen molar-refractivity contribution in [3.63, 3.8) is 0 Å². The van der Waals surface area contributed by atoms with E-state index < -0.39 is 12.0 Å². The monoisotopic (exact) mass is 682 g/mol. The Bertz CT molecular complexity index is 1640. The van der Waals surface area contributed by atoms with Crippen LogP contribution in [0.1, 0.15) is 62.5 Å². The quantitative estimate of drug-likeness (QED) is 0.147. The van der Waals surface area contributed by atoms with E-state index in [9.17, 15) is 14.4 Å². The van der Waals surface area contributed by atoms with E-state index >= 15 is 0 Å². The van der Waals surface area contributed by atoms with Gasteiger partial charge in [0.1, 0.15) is 12.3 Å². The molecule has 1 heterocycles. The molecule has 5 rings (SSSR count). The van der Waals surface area contributed by atoms with Crippen LogP contribution in [0.5, 0.6) is 5.75 Å². The topological polar surface area (TPSA) is 116 Å². The summed E-state index contributed by atoms with van der Waals surface area (Å²) in [5.74, 6) is 1.26. The second-order valence-corrected chi connectivity index (χ2v) is 13.4. The minimum atomic E-state index is -0.485. The fourth-order valence-electron chi connectivity index (χ4n) is 6.40. The first-order chi connectivity index (χ1) is 24.2.